The summed E-state index contributed by atoms with van der Waals surface area (Å²) in [6, 6.07) is 20.3. The van der Waals surface area contributed by atoms with Crippen LogP contribution >= 0.6 is 0 Å². The van der Waals surface area contributed by atoms with E-state index in [4.69, 9.17) is 9.57 Å². The van der Waals surface area contributed by atoms with Crippen molar-refractivity contribution in [1.82, 2.24) is 25.9 Å². The largest absolute Gasteiger partial charge is 0.496 e. The van der Waals surface area contributed by atoms with E-state index in [1.807, 2.05) is 67.5 Å². The average Bonchev–Trinajstić information content (AvgIpc) is 3.59. The number of aliphatic hydroxyl groups excluding tert-OH is 2. The van der Waals surface area contributed by atoms with E-state index in [1.165, 1.54) is 0 Å². The number of benzene rings is 3. The van der Waals surface area contributed by atoms with Gasteiger partial charge in [0.05, 0.1) is 32.9 Å². The minimum Gasteiger partial charge on any atom is -0.496 e. The van der Waals surface area contributed by atoms with Crippen LogP contribution in [-0.4, -0.2) is 123 Å². The molecule has 1 unspecified atom stereocenters. The van der Waals surface area contributed by atoms with E-state index < -0.39 is 24.2 Å². The quantitative estimate of drug-likeness (QED) is 0.136. The minimum absolute atomic E-state index is 0.0710. The van der Waals surface area contributed by atoms with Gasteiger partial charge < -0.3 is 40.7 Å². The van der Waals surface area contributed by atoms with Crippen LogP contribution in [0, 0.1) is 35.0 Å². The normalized spacial score (nSPS) is 28.3. The molecule has 0 spiro atoms. The van der Waals surface area contributed by atoms with Crippen LogP contribution in [-0.2, 0) is 27.4 Å². The van der Waals surface area contributed by atoms with E-state index in [2.05, 4.69) is 48.9 Å². The van der Waals surface area contributed by atoms with Crippen LogP contribution in [0.5, 0.6) is 5.75 Å². The van der Waals surface area contributed by atoms with Gasteiger partial charge in [0.15, 0.2) is 0 Å². The number of carbonyl (C=O) groups excluding carboxylic acids is 3. The molecule has 13 nitrogen and oxygen atoms in total. The van der Waals surface area contributed by atoms with Crippen LogP contribution in [0.15, 0.2) is 66.7 Å². The highest BCUT2D eigenvalue weighted by Crippen LogP contribution is 2.81. The van der Waals surface area contributed by atoms with E-state index in [0.29, 0.717) is 70.3 Å². The number of nitrogens with zero attached hydrogens (tertiary/aromatic N) is 3. The first-order valence-electron chi connectivity index (χ1n) is 21.3. The Morgan fingerprint density at radius 3 is 2.38 bits per heavy atom. The van der Waals surface area contributed by atoms with Crippen molar-refractivity contribution in [3.05, 3.63) is 83.4 Å². The van der Waals surface area contributed by atoms with Crippen molar-refractivity contribution in [1.29, 1.82) is 0 Å². The van der Waals surface area contributed by atoms with E-state index in [-0.39, 0.29) is 54.4 Å². The molecule has 1 heterocycles. The first kappa shape index (κ1) is 43.6. The summed E-state index contributed by atoms with van der Waals surface area (Å²) >= 11 is 0. The first-order valence-corrected chi connectivity index (χ1v) is 21.3. The Hall–Kier alpha value is -4.53. The maximum atomic E-state index is 14.5. The van der Waals surface area contributed by atoms with Crippen molar-refractivity contribution >= 4 is 23.4 Å². The number of likely N-dealkylation sites (N-methyl/N-ethyl adjacent to an activating group) is 3. The van der Waals surface area contributed by atoms with Gasteiger partial charge in [-0.15, -0.1) is 0 Å². The van der Waals surface area contributed by atoms with Gasteiger partial charge in [0.2, 0.25) is 11.8 Å². The van der Waals surface area contributed by atoms with Crippen molar-refractivity contribution in [3.8, 4) is 16.9 Å². The van der Waals surface area contributed by atoms with Gasteiger partial charge >= 0.3 is 0 Å². The van der Waals surface area contributed by atoms with Crippen LogP contribution < -0.4 is 25.6 Å². The molecular formula is C47H64N6O7. The van der Waals surface area contributed by atoms with E-state index in [9.17, 15) is 24.6 Å². The lowest BCUT2D eigenvalue weighted by Crippen LogP contribution is -2.90. The maximum Gasteiger partial charge on any atom is 0.251 e. The number of rotatable bonds is 17. The number of anilines is 1. The molecule has 60 heavy (non-hydrogen) atoms. The summed E-state index contributed by atoms with van der Waals surface area (Å²) in [6.45, 7) is 9.02. The molecule has 3 aromatic rings. The van der Waals surface area contributed by atoms with Gasteiger partial charge in [0.25, 0.3) is 5.91 Å². The average molecular weight is 825 g/mol. The summed E-state index contributed by atoms with van der Waals surface area (Å²) in [5.41, 5.74) is 4.31. The molecule has 13 heteroatoms. The molecule has 0 bridgehead atoms. The molecule has 5 N–H and O–H groups in total. The smallest absolute Gasteiger partial charge is 0.251 e. The van der Waals surface area contributed by atoms with Crippen LogP contribution in [0.4, 0.5) is 5.69 Å². The summed E-state index contributed by atoms with van der Waals surface area (Å²) in [6.07, 6.45) is -0.126. The van der Waals surface area contributed by atoms with Gasteiger partial charge in [-0.3, -0.25) is 19.2 Å². The zero-order valence-corrected chi connectivity index (χ0v) is 36.6. The summed E-state index contributed by atoms with van der Waals surface area (Å²) in [5, 5.41) is 32.5. The highest BCUT2D eigenvalue weighted by Gasteiger charge is 2.83. The van der Waals surface area contributed by atoms with Crippen LogP contribution in [0.2, 0.25) is 0 Å². The Morgan fingerprint density at radius 2 is 1.77 bits per heavy atom. The van der Waals surface area contributed by atoms with Crippen molar-refractivity contribution in [2.75, 3.05) is 59.9 Å². The van der Waals surface area contributed by atoms with Crippen LogP contribution in [0.3, 0.4) is 0 Å². The standard InChI is InChI=1S/C47H64N6O7/c1-27-40-41-36(46(40,3)4)22-47(27,41)50-45(58)42-39(28(2)55)37(26-54)60-53(42)23-30-16-13-17-35(43(30)59-9)31-19-32(21-34(20-31)52(8)25-38(56)48-5)44(57)49-33(24-51(6)7)18-29-14-11-10-12-15-29/h10-17,19-21,27-28,33,36-37,39-42,54-55H,18,22-26H2,1-9H3,(H,48,56)(H,49,57)(H,50,58)/t27-,28-,33-,36-,37-,39+,40+,41?,42-,47+/m0/s1. The van der Waals surface area contributed by atoms with Crippen molar-refractivity contribution in [2.45, 2.75) is 76.9 Å². The molecule has 10 atom stereocenters. The zero-order chi connectivity index (χ0) is 43.3. The Labute approximate surface area is 354 Å². The Morgan fingerprint density at radius 1 is 1.03 bits per heavy atom. The highest BCUT2D eigenvalue weighted by molar-refractivity contribution is 5.97. The highest BCUT2D eigenvalue weighted by atomic mass is 16.7. The lowest BCUT2D eigenvalue weighted by atomic mass is 9.21. The van der Waals surface area contributed by atoms with Gasteiger partial charge in [0, 0.05) is 60.5 Å². The Balaban J connectivity index is 1.20. The number of carbonyl (C=O) groups is 3. The number of hydrogen-bond donors (Lipinski definition) is 5. The van der Waals surface area contributed by atoms with E-state index in [0.717, 1.165) is 12.0 Å². The predicted molar refractivity (Wildman–Crippen MR) is 231 cm³/mol. The fourth-order valence-corrected chi connectivity index (χ4v) is 11.4. The molecular weight excluding hydrogens is 761 g/mol. The van der Waals surface area contributed by atoms with Gasteiger partial charge in [-0.2, -0.15) is 5.06 Å². The number of para-hydroxylation sites is 1. The van der Waals surface area contributed by atoms with E-state index >= 15 is 0 Å². The van der Waals surface area contributed by atoms with Gasteiger partial charge in [-0.1, -0.05) is 69.3 Å². The molecule has 3 saturated carbocycles. The second kappa shape index (κ2) is 17.1. The SMILES string of the molecule is CNC(=O)CN(C)c1cc(C(=O)N[C@@H](Cc2ccccc2)CN(C)C)cc(-c2cccc(CN3O[C@@H](CO)[C@@H]([C@H](C)O)[C@H]3C(=O)N[C@@]34C[C@H]5C3[C@@H]([C@@H]4C)C5(C)C)c2OC)c1. The van der Waals surface area contributed by atoms with E-state index in [1.54, 1.807) is 44.2 Å². The lowest BCUT2D eigenvalue weighted by Gasteiger charge is -2.86. The number of amides is 3. The first-order chi connectivity index (χ1) is 28.5. The van der Waals surface area contributed by atoms with Crippen molar-refractivity contribution in [3.63, 3.8) is 0 Å². The molecule has 3 aromatic carbocycles. The summed E-state index contributed by atoms with van der Waals surface area (Å²) in [7, 11) is 8.93. The predicted octanol–water partition coefficient (Wildman–Crippen LogP) is 3.72. The summed E-state index contributed by atoms with van der Waals surface area (Å²) in [5.74, 6) is 1.20. The van der Waals surface area contributed by atoms with Gasteiger partial charge in [0.1, 0.15) is 17.9 Å². The molecule has 7 rings (SSSR count). The fraction of sp³-hybridized carbons (Fsp3) is 0.553. The second-order valence-corrected chi connectivity index (χ2v) is 18.6. The Bertz CT molecular complexity index is 2050. The third kappa shape index (κ3) is 7.79. The number of hydrogen-bond acceptors (Lipinski definition) is 10. The van der Waals surface area contributed by atoms with Gasteiger partial charge in [-0.05, 0) is 92.3 Å². The number of aliphatic hydroxyl groups is 2. The maximum absolute atomic E-state index is 14.5. The Kier molecular flexibility index (Phi) is 12.4. The fourth-order valence-electron chi connectivity index (χ4n) is 11.4. The summed E-state index contributed by atoms with van der Waals surface area (Å²) < 4.78 is 6.14. The topological polar surface area (TPSA) is 156 Å². The van der Waals surface area contributed by atoms with Crippen molar-refractivity contribution < 1.29 is 34.2 Å². The lowest BCUT2D eigenvalue weighted by molar-refractivity contribution is -0.349. The molecule has 0 aromatic heterocycles. The molecule has 324 valence electrons. The summed E-state index contributed by atoms with van der Waals surface area (Å²) in [4.78, 5) is 51.4. The molecule has 4 fully saturated rings. The monoisotopic (exact) mass is 824 g/mol. The molecule has 1 saturated heterocycles. The molecule has 3 aliphatic carbocycles. The zero-order valence-electron chi connectivity index (χ0n) is 36.6. The van der Waals surface area contributed by atoms with Gasteiger partial charge in [-0.25, -0.2) is 0 Å². The third-order valence-corrected chi connectivity index (χ3v) is 14.3. The third-order valence-electron chi connectivity index (χ3n) is 14.3. The van der Waals surface area contributed by atoms with Crippen molar-refractivity contribution in [2.24, 2.45) is 35.0 Å². The molecule has 3 amide bonds. The minimum atomic E-state index is -0.930. The number of ether oxygens (including phenoxy) is 1. The number of nitrogens with one attached hydrogen (secondary N) is 3. The second-order valence-electron chi connectivity index (χ2n) is 18.6. The molecule has 0 radical (unpaired) electrons. The van der Waals surface area contributed by atoms with Crippen LogP contribution in [0.25, 0.3) is 11.1 Å². The number of methoxy groups -OCH3 is 1. The number of hydroxylamine groups is 2. The molecule has 4 aliphatic rings. The molecule has 1 aliphatic heterocycles. The van der Waals surface area contributed by atoms with Crippen LogP contribution in [0.1, 0.15) is 55.6 Å².